The molecule has 5 nitrogen and oxygen atoms in total. The number of nitrogens with zero attached hydrogens (tertiary/aromatic N) is 1. The van der Waals surface area contributed by atoms with E-state index in [1.54, 1.807) is 0 Å². The van der Waals surface area contributed by atoms with Crippen LogP contribution in [0.15, 0.2) is 0 Å². The fourth-order valence-electron chi connectivity index (χ4n) is 1.54. The van der Waals surface area contributed by atoms with Crippen LogP contribution in [0.4, 0.5) is 0 Å². The third-order valence-corrected chi connectivity index (χ3v) is 3.95. The van der Waals surface area contributed by atoms with Crippen molar-refractivity contribution in [2.75, 3.05) is 26.7 Å². The van der Waals surface area contributed by atoms with Crippen LogP contribution >= 0.6 is 0 Å². The zero-order valence-electron chi connectivity index (χ0n) is 6.91. The van der Waals surface area contributed by atoms with Gasteiger partial charge in [-0.15, -0.1) is 0 Å². The van der Waals surface area contributed by atoms with Gasteiger partial charge in [0, 0.05) is 26.6 Å². The Labute approximate surface area is 71.9 Å². The smallest absolute Gasteiger partial charge is 0.279 e. The molecule has 2 fully saturated rings. The minimum absolute atomic E-state index is 0.121. The van der Waals surface area contributed by atoms with E-state index in [-0.39, 0.29) is 5.60 Å². The van der Waals surface area contributed by atoms with Gasteiger partial charge >= 0.3 is 0 Å². The molecule has 2 saturated heterocycles. The molecule has 70 valence electrons. The highest BCUT2D eigenvalue weighted by atomic mass is 32.2. The lowest BCUT2D eigenvalue weighted by Gasteiger charge is -2.53. The summed E-state index contributed by atoms with van der Waals surface area (Å²) in [6, 6.07) is 0. The summed E-state index contributed by atoms with van der Waals surface area (Å²) in [4.78, 5) is 0. The first-order chi connectivity index (χ1) is 5.58. The average Bonchev–Trinajstić information content (AvgIpc) is 1.80. The predicted molar refractivity (Wildman–Crippen MR) is 42.9 cm³/mol. The third kappa shape index (κ3) is 1.06. The zero-order valence-corrected chi connectivity index (χ0v) is 7.73. The van der Waals surface area contributed by atoms with E-state index in [2.05, 4.69) is 4.72 Å². The van der Waals surface area contributed by atoms with Crippen LogP contribution in [0.5, 0.6) is 0 Å². The molecule has 0 aromatic rings. The quantitative estimate of drug-likeness (QED) is 0.606. The highest BCUT2D eigenvalue weighted by Gasteiger charge is 2.52. The number of nitrogens with one attached hydrogen (secondary N) is 1. The molecule has 1 N–H and O–H groups in total. The second-order valence-corrected chi connectivity index (χ2v) is 5.13. The van der Waals surface area contributed by atoms with Crippen LogP contribution in [0.2, 0.25) is 0 Å². The molecule has 12 heavy (non-hydrogen) atoms. The normalized spacial score (nSPS) is 28.1. The topological polar surface area (TPSA) is 58.6 Å². The predicted octanol–water partition coefficient (Wildman–Crippen LogP) is -1.07. The highest BCUT2D eigenvalue weighted by Crippen LogP contribution is 2.36. The number of ether oxygens (including phenoxy) is 1. The van der Waals surface area contributed by atoms with Crippen molar-refractivity contribution in [3.05, 3.63) is 0 Å². The first-order valence-electron chi connectivity index (χ1n) is 3.91. The summed E-state index contributed by atoms with van der Waals surface area (Å²) < 4.78 is 31.3. The first kappa shape index (κ1) is 8.43. The molecule has 1 spiro atoms. The maximum Gasteiger partial charge on any atom is 0.279 e. The van der Waals surface area contributed by atoms with Crippen molar-refractivity contribution in [3.63, 3.8) is 0 Å². The Bertz CT molecular complexity index is 275. The van der Waals surface area contributed by atoms with E-state index < -0.39 is 10.2 Å². The van der Waals surface area contributed by atoms with Crippen molar-refractivity contribution in [1.29, 1.82) is 0 Å². The van der Waals surface area contributed by atoms with Gasteiger partial charge in [-0.1, -0.05) is 0 Å². The fourth-order valence-corrected chi connectivity index (χ4v) is 2.60. The molecule has 2 heterocycles. The Balaban J connectivity index is 1.96. The van der Waals surface area contributed by atoms with Crippen molar-refractivity contribution in [3.8, 4) is 0 Å². The average molecular weight is 192 g/mol. The van der Waals surface area contributed by atoms with Crippen molar-refractivity contribution < 1.29 is 13.2 Å². The van der Waals surface area contributed by atoms with Gasteiger partial charge in [-0.25, -0.2) is 4.72 Å². The van der Waals surface area contributed by atoms with E-state index in [0.29, 0.717) is 13.1 Å². The Hall–Kier alpha value is -0.170. The third-order valence-electron chi connectivity index (χ3n) is 2.49. The van der Waals surface area contributed by atoms with E-state index in [1.165, 1.54) is 11.4 Å². The molecule has 0 radical (unpaired) electrons. The van der Waals surface area contributed by atoms with E-state index in [4.69, 9.17) is 4.74 Å². The van der Waals surface area contributed by atoms with Gasteiger partial charge in [0.25, 0.3) is 10.2 Å². The Morgan fingerprint density at radius 3 is 2.42 bits per heavy atom. The largest absolute Gasteiger partial charge is 0.372 e. The molecule has 0 aliphatic carbocycles. The Morgan fingerprint density at radius 2 is 2.08 bits per heavy atom. The SMILES string of the molecule is CNS(=O)(=O)N1CC2(CCO2)C1. The van der Waals surface area contributed by atoms with E-state index in [1.807, 2.05) is 0 Å². The molecule has 0 bridgehead atoms. The zero-order chi connectivity index (χ0) is 8.82. The summed E-state index contributed by atoms with van der Waals surface area (Å²) >= 11 is 0. The molecular formula is C6H12N2O3S. The first-order valence-corrected chi connectivity index (χ1v) is 5.35. The van der Waals surface area contributed by atoms with Crippen LogP contribution in [-0.4, -0.2) is 45.1 Å². The molecular weight excluding hydrogens is 180 g/mol. The maximum absolute atomic E-state index is 11.2. The van der Waals surface area contributed by atoms with Crippen LogP contribution in [0.3, 0.4) is 0 Å². The summed E-state index contributed by atoms with van der Waals surface area (Å²) in [5.74, 6) is 0. The summed E-state index contributed by atoms with van der Waals surface area (Å²) in [6.07, 6.45) is 0.989. The lowest BCUT2D eigenvalue weighted by Crippen LogP contribution is -2.70. The monoisotopic (exact) mass is 192 g/mol. The number of hydrogen-bond acceptors (Lipinski definition) is 3. The molecule has 0 aromatic carbocycles. The van der Waals surface area contributed by atoms with Crippen LogP contribution < -0.4 is 4.72 Å². The summed E-state index contributed by atoms with van der Waals surface area (Å²) in [7, 11) is -1.79. The summed E-state index contributed by atoms with van der Waals surface area (Å²) in [5.41, 5.74) is -0.121. The minimum atomic E-state index is -3.21. The van der Waals surface area contributed by atoms with Crippen LogP contribution in [0.1, 0.15) is 6.42 Å². The molecule has 0 aromatic heterocycles. The van der Waals surface area contributed by atoms with E-state index in [0.717, 1.165) is 13.0 Å². The second-order valence-electron chi connectivity index (χ2n) is 3.26. The lowest BCUT2D eigenvalue weighted by atomic mass is 9.89. The molecule has 2 rings (SSSR count). The van der Waals surface area contributed by atoms with Crippen molar-refractivity contribution >= 4 is 10.2 Å². The van der Waals surface area contributed by atoms with Crippen molar-refractivity contribution in [2.45, 2.75) is 12.0 Å². The van der Waals surface area contributed by atoms with Gasteiger partial charge in [0.15, 0.2) is 0 Å². The van der Waals surface area contributed by atoms with Crippen molar-refractivity contribution in [2.24, 2.45) is 0 Å². The molecule has 2 aliphatic heterocycles. The standard InChI is InChI=1S/C6H12N2O3S/c1-7-12(9,10)8-4-6(5-8)2-3-11-6/h7H,2-5H2,1H3. The van der Waals surface area contributed by atoms with Gasteiger partial charge in [0.1, 0.15) is 0 Å². The molecule has 2 aliphatic rings. The fraction of sp³-hybridized carbons (Fsp3) is 1.00. The van der Waals surface area contributed by atoms with E-state index in [9.17, 15) is 8.42 Å². The van der Waals surface area contributed by atoms with Gasteiger partial charge in [0.2, 0.25) is 0 Å². The summed E-state index contributed by atoms with van der Waals surface area (Å²) in [5, 5.41) is 0. The van der Waals surface area contributed by atoms with Crippen molar-refractivity contribution in [1.82, 2.24) is 9.03 Å². The second kappa shape index (κ2) is 2.41. The molecule has 0 amide bonds. The van der Waals surface area contributed by atoms with Gasteiger partial charge in [0.05, 0.1) is 12.2 Å². The van der Waals surface area contributed by atoms with Crippen LogP contribution in [-0.2, 0) is 14.9 Å². The maximum atomic E-state index is 11.2. The van der Waals surface area contributed by atoms with Gasteiger partial charge in [-0.3, -0.25) is 0 Å². The number of rotatable bonds is 2. The molecule has 6 heteroatoms. The number of hydrogen-bond donors (Lipinski definition) is 1. The van der Waals surface area contributed by atoms with Gasteiger partial charge in [-0.2, -0.15) is 12.7 Å². The Kier molecular flexibility index (Phi) is 1.69. The molecule has 0 atom stereocenters. The summed E-state index contributed by atoms with van der Waals surface area (Å²) in [6.45, 7) is 1.79. The van der Waals surface area contributed by atoms with E-state index >= 15 is 0 Å². The van der Waals surface area contributed by atoms with Crippen LogP contribution in [0, 0.1) is 0 Å². The van der Waals surface area contributed by atoms with Gasteiger partial charge < -0.3 is 4.74 Å². The molecule has 0 saturated carbocycles. The minimum Gasteiger partial charge on any atom is -0.372 e. The van der Waals surface area contributed by atoms with Gasteiger partial charge in [-0.05, 0) is 0 Å². The lowest BCUT2D eigenvalue weighted by molar-refractivity contribution is -0.201. The molecule has 0 unspecified atom stereocenters. The van der Waals surface area contributed by atoms with Crippen LogP contribution in [0.25, 0.3) is 0 Å². The Morgan fingerprint density at radius 1 is 1.50 bits per heavy atom. The highest BCUT2D eigenvalue weighted by molar-refractivity contribution is 7.87.